The number of hydrogen-bond donors (Lipinski definition) is 0. The smallest absolute Gasteiger partial charge is 0.345 e. The van der Waals surface area contributed by atoms with Gasteiger partial charge in [0.15, 0.2) is 0 Å². The Labute approximate surface area is 185 Å². The summed E-state index contributed by atoms with van der Waals surface area (Å²) in [6.45, 7) is 2.44. The highest BCUT2D eigenvalue weighted by atomic mass is 79.9. The van der Waals surface area contributed by atoms with Crippen LogP contribution in [0.15, 0.2) is 67.6 Å². The highest BCUT2D eigenvalue weighted by molar-refractivity contribution is 9.10. The number of nitriles is 1. The Morgan fingerprint density at radius 1 is 1.30 bits per heavy atom. The van der Waals surface area contributed by atoms with Gasteiger partial charge < -0.3 is 9.15 Å². The maximum Gasteiger partial charge on any atom is 0.345 e. The molecule has 0 saturated carbocycles. The SMILES string of the molecule is CCOc1ccccc1C=C(C#N)c1nc(-c2cc3cc(Br)ccc3oc2=O)cs1. The molecule has 2 heterocycles. The van der Waals surface area contributed by atoms with Crippen molar-refractivity contribution < 1.29 is 9.15 Å². The minimum atomic E-state index is -0.467. The molecule has 148 valence electrons. The average Bonchev–Trinajstić information content (AvgIpc) is 3.23. The zero-order valence-corrected chi connectivity index (χ0v) is 18.3. The van der Waals surface area contributed by atoms with Crippen LogP contribution < -0.4 is 10.4 Å². The van der Waals surface area contributed by atoms with Gasteiger partial charge in [0, 0.05) is 20.8 Å². The number of hydrogen-bond acceptors (Lipinski definition) is 6. The number of thiazole rings is 1. The zero-order valence-electron chi connectivity index (χ0n) is 15.9. The molecule has 0 spiro atoms. The number of aromatic nitrogens is 1. The maximum absolute atomic E-state index is 12.5. The molecule has 0 aliphatic carbocycles. The van der Waals surface area contributed by atoms with Gasteiger partial charge in [0.2, 0.25) is 0 Å². The molecule has 0 unspecified atom stereocenters. The van der Waals surface area contributed by atoms with Gasteiger partial charge in [-0.2, -0.15) is 5.26 Å². The number of fused-ring (bicyclic) bond motifs is 1. The molecule has 0 bridgehead atoms. The van der Waals surface area contributed by atoms with E-state index in [9.17, 15) is 10.1 Å². The summed E-state index contributed by atoms with van der Waals surface area (Å²) in [5, 5.41) is 12.8. The summed E-state index contributed by atoms with van der Waals surface area (Å²) in [7, 11) is 0. The van der Waals surface area contributed by atoms with Crippen LogP contribution in [0.4, 0.5) is 0 Å². The van der Waals surface area contributed by atoms with Crippen molar-refractivity contribution in [1.82, 2.24) is 4.98 Å². The lowest BCUT2D eigenvalue weighted by molar-refractivity contribution is 0.339. The third-order valence-electron chi connectivity index (χ3n) is 4.34. The van der Waals surface area contributed by atoms with E-state index in [1.54, 1.807) is 23.6 Å². The first-order chi connectivity index (χ1) is 14.6. The second kappa shape index (κ2) is 8.66. The molecule has 0 amide bonds. The summed E-state index contributed by atoms with van der Waals surface area (Å²) in [4.78, 5) is 17.0. The summed E-state index contributed by atoms with van der Waals surface area (Å²) in [5.41, 5.74) is 2.06. The van der Waals surface area contributed by atoms with Crippen LogP contribution in [0.2, 0.25) is 0 Å². The molecule has 0 atom stereocenters. The lowest BCUT2D eigenvalue weighted by atomic mass is 10.1. The van der Waals surface area contributed by atoms with Gasteiger partial charge in [0.1, 0.15) is 22.4 Å². The Bertz CT molecular complexity index is 1360. The van der Waals surface area contributed by atoms with Crippen LogP contribution in [0, 0.1) is 11.3 Å². The van der Waals surface area contributed by atoms with Gasteiger partial charge in [-0.05, 0) is 43.3 Å². The summed E-state index contributed by atoms with van der Waals surface area (Å²) in [6.07, 6.45) is 1.74. The number of benzene rings is 2. The molecule has 2 aromatic carbocycles. The zero-order chi connectivity index (χ0) is 21.1. The van der Waals surface area contributed by atoms with Gasteiger partial charge in [0.25, 0.3) is 0 Å². The highest BCUT2D eigenvalue weighted by Crippen LogP contribution is 2.30. The van der Waals surface area contributed by atoms with Crippen LogP contribution >= 0.6 is 27.3 Å². The van der Waals surface area contributed by atoms with Gasteiger partial charge >= 0.3 is 5.63 Å². The highest BCUT2D eigenvalue weighted by Gasteiger charge is 2.14. The van der Waals surface area contributed by atoms with Gasteiger partial charge in [-0.1, -0.05) is 34.1 Å². The topological polar surface area (TPSA) is 76.1 Å². The monoisotopic (exact) mass is 478 g/mol. The van der Waals surface area contributed by atoms with Gasteiger partial charge in [-0.3, -0.25) is 0 Å². The van der Waals surface area contributed by atoms with Crippen LogP contribution in [0.1, 0.15) is 17.5 Å². The van der Waals surface area contributed by atoms with E-state index in [2.05, 4.69) is 27.0 Å². The van der Waals surface area contributed by atoms with E-state index in [0.717, 1.165) is 15.4 Å². The average molecular weight is 479 g/mol. The normalized spacial score (nSPS) is 11.4. The fourth-order valence-electron chi connectivity index (χ4n) is 2.98. The Morgan fingerprint density at radius 3 is 2.93 bits per heavy atom. The molecule has 4 rings (SSSR count). The minimum absolute atomic E-state index is 0.357. The van der Waals surface area contributed by atoms with E-state index in [4.69, 9.17) is 9.15 Å². The van der Waals surface area contributed by atoms with Crippen molar-refractivity contribution in [2.45, 2.75) is 6.92 Å². The van der Waals surface area contributed by atoms with Crippen molar-refractivity contribution >= 4 is 49.9 Å². The molecule has 0 fully saturated rings. The van der Waals surface area contributed by atoms with Crippen molar-refractivity contribution in [3.63, 3.8) is 0 Å². The quantitative estimate of drug-likeness (QED) is 0.254. The number of rotatable bonds is 5. The van der Waals surface area contributed by atoms with Gasteiger partial charge in [0.05, 0.1) is 23.4 Å². The fraction of sp³-hybridized carbons (Fsp3) is 0.0870. The van der Waals surface area contributed by atoms with E-state index in [1.807, 2.05) is 43.3 Å². The fourth-order valence-corrected chi connectivity index (χ4v) is 4.14. The van der Waals surface area contributed by atoms with Crippen molar-refractivity contribution in [3.05, 3.63) is 79.4 Å². The van der Waals surface area contributed by atoms with Crippen LogP contribution in [0.3, 0.4) is 0 Å². The van der Waals surface area contributed by atoms with Crippen molar-refractivity contribution in [3.8, 4) is 23.1 Å². The summed E-state index contributed by atoms with van der Waals surface area (Å²) in [6, 6.07) is 16.9. The van der Waals surface area contributed by atoms with Crippen LogP contribution in [0.25, 0.3) is 33.9 Å². The Kier molecular flexibility index (Phi) is 5.79. The molecule has 5 nitrogen and oxygen atoms in total. The third-order valence-corrected chi connectivity index (χ3v) is 5.71. The Hall–Kier alpha value is -3.21. The number of para-hydroxylation sites is 1. The molecule has 30 heavy (non-hydrogen) atoms. The predicted molar refractivity (Wildman–Crippen MR) is 122 cm³/mol. The second-order valence-electron chi connectivity index (χ2n) is 6.31. The van der Waals surface area contributed by atoms with Crippen molar-refractivity contribution in [2.24, 2.45) is 0 Å². The molecule has 0 radical (unpaired) electrons. The standard InChI is InChI=1S/C23H15BrN2O3S/c1-2-28-20-6-4-3-5-14(20)9-16(12-25)22-26-19(13-30-22)18-11-15-10-17(24)7-8-21(15)29-23(18)27/h3-11,13H,2H2,1H3. The maximum atomic E-state index is 12.5. The summed E-state index contributed by atoms with van der Waals surface area (Å²) >= 11 is 4.73. The lowest BCUT2D eigenvalue weighted by Crippen LogP contribution is -2.03. The van der Waals surface area contributed by atoms with Crippen molar-refractivity contribution in [2.75, 3.05) is 6.61 Å². The molecular formula is C23H15BrN2O3S. The second-order valence-corrected chi connectivity index (χ2v) is 8.08. The van der Waals surface area contributed by atoms with Crippen molar-refractivity contribution in [1.29, 1.82) is 5.26 Å². The molecule has 0 aliphatic heterocycles. The largest absolute Gasteiger partial charge is 0.493 e. The summed E-state index contributed by atoms with van der Waals surface area (Å²) < 4.78 is 11.9. The molecule has 2 aromatic heterocycles. The molecule has 7 heteroatoms. The first-order valence-electron chi connectivity index (χ1n) is 9.12. The third kappa shape index (κ3) is 4.06. The van der Waals surface area contributed by atoms with Crippen LogP contribution in [0.5, 0.6) is 5.75 Å². The first kappa shape index (κ1) is 20.1. The van der Waals surface area contributed by atoms with E-state index in [1.165, 1.54) is 11.3 Å². The minimum Gasteiger partial charge on any atom is -0.493 e. The van der Waals surface area contributed by atoms with Gasteiger partial charge in [-0.25, -0.2) is 9.78 Å². The molecule has 0 aliphatic rings. The Morgan fingerprint density at radius 2 is 2.13 bits per heavy atom. The number of nitrogens with zero attached hydrogens (tertiary/aromatic N) is 2. The van der Waals surface area contributed by atoms with Gasteiger partial charge in [-0.15, -0.1) is 11.3 Å². The van der Waals surface area contributed by atoms with E-state index in [0.29, 0.717) is 39.8 Å². The predicted octanol–water partition coefficient (Wildman–Crippen LogP) is 6.14. The lowest BCUT2D eigenvalue weighted by Gasteiger charge is -2.06. The number of allylic oxidation sites excluding steroid dienone is 1. The van der Waals surface area contributed by atoms with E-state index in [-0.39, 0.29) is 0 Å². The van der Waals surface area contributed by atoms with Crippen LogP contribution in [-0.4, -0.2) is 11.6 Å². The van der Waals surface area contributed by atoms with E-state index >= 15 is 0 Å². The first-order valence-corrected chi connectivity index (χ1v) is 10.8. The molecular weight excluding hydrogens is 464 g/mol. The summed E-state index contributed by atoms with van der Waals surface area (Å²) in [5.74, 6) is 0.699. The Balaban J connectivity index is 1.75. The molecule has 0 saturated heterocycles. The van der Waals surface area contributed by atoms with Crippen LogP contribution in [-0.2, 0) is 0 Å². The van der Waals surface area contributed by atoms with E-state index < -0.39 is 5.63 Å². The molecule has 0 N–H and O–H groups in total. The number of halogens is 1. The number of ether oxygens (including phenoxy) is 1. The molecule has 4 aromatic rings.